The van der Waals surface area contributed by atoms with E-state index >= 15 is 0 Å². The fourth-order valence-corrected chi connectivity index (χ4v) is 3.49. The summed E-state index contributed by atoms with van der Waals surface area (Å²) in [6.07, 6.45) is 5.07. The van der Waals surface area contributed by atoms with Gasteiger partial charge in [0.1, 0.15) is 0 Å². The summed E-state index contributed by atoms with van der Waals surface area (Å²) in [5.41, 5.74) is 4.48. The number of rotatable bonds is 6. The van der Waals surface area contributed by atoms with Crippen molar-refractivity contribution in [3.8, 4) is 0 Å². The Morgan fingerprint density at radius 2 is 1.63 bits per heavy atom. The first-order chi connectivity index (χ1) is 14.7. The Morgan fingerprint density at radius 3 is 2.43 bits per heavy atom. The highest BCUT2D eigenvalue weighted by molar-refractivity contribution is 6.43. The number of halogens is 2. The zero-order valence-electron chi connectivity index (χ0n) is 16.2. The number of hydrazone groups is 1. The van der Waals surface area contributed by atoms with Gasteiger partial charge in [-0.3, -0.25) is 0 Å². The van der Waals surface area contributed by atoms with Crippen molar-refractivity contribution < 1.29 is 0 Å². The van der Waals surface area contributed by atoms with Gasteiger partial charge in [0.2, 0.25) is 17.8 Å². The third kappa shape index (κ3) is 5.17. The van der Waals surface area contributed by atoms with Crippen LogP contribution in [0.3, 0.4) is 0 Å². The van der Waals surface area contributed by atoms with Crippen LogP contribution >= 0.6 is 23.2 Å². The zero-order valence-corrected chi connectivity index (χ0v) is 17.7. The van der Waals surface area contributed by atoms with Gasteiger partial charge < -0.3 is 10.2 Å². The topological polar surface area (TPSA) is 78.3 Å². The second-order valence-corrected chi connectivity index (χ2v) is 7.62. The zero-order chi connectivity index (χ0) is 20.8. The predicted molar refractivity (Wildman–Crippen MR) is 123 cm³/mol. The van der Waals surface area contributed by atoms with E-state index in [1.165, 1.54) is 6.42 Å². The van der Waals surface area contributed by atoms with E-state index in [1.54, 1.807) is 12.3 Å². The van der Waals surface area contributed by atoms with E-state index in [4.69, 9.17) is 23.2 Å². The van der Waals surface area contributed by atoms with Crippen LogP contribution in [0.25, 0.3) is 0 Å². The van der Waals surface area contributed by atoms with Crippen molar-refractivity contribution in [3.63, 3.8) is 0 Å². The maximum absolute atomic E-state index is 6.21. The molecule has 0 radical (unpaired) electrons. The minimum absolute atomic E-state index is 0.346. The first-order valence-electron chi connectivity index (χ1n) is 9.75. The van der Waals surface area contributed by atoms with Crippen LogP contribution in [0.2, 0.25) is 10.0 Å². The number of piperidine rings is 1. The number of para-hydroxylation sites is 1. The van der Waals surface area contributed by atoms with E-state index in [0.29, 0.717) is 33.5 Å². The van der Waals surface area contributed by atoms with Crippen LogP contribution < -0.4 is 15.6 Å². The Labute approximate surface area is 185 Å². The van der Waals surface area contributed by atoms with Crippen molar-refractivity contribution >= 4 is 52.9 Å². The molecule has 0 saturated carbocycles. The molecule has 9 heteroatoms. The summed E-state index contributed by atoms with van der Waals surface area (Å²) < 4.78 is 0. The summed E-state index contributed by atoms with van der Waals surface area (Å²) in [4.78, 5) is 15.8. The van der Waals surface area contributed by atoms with Gasteiger partial charge in [-0.2, -0.15) is 20.1 Å². The van der Waals surface area contributed by atoms with Crippen LogP contribution in [0.1, 0.15) is 24.8 Å². The van der Waals surface area contributed by atoms with Gasteiger partial charge in [-0.25, -0.2) is 5.43 Å². The fraction of sp³-hybridized carbons (Fsp3) is 0.238. The lowest BCUT2D eigenvalue weighted by Crippen LogP contribution is -2.31. The molecule has 1 fully saturated rings. The van der Waals surface area contributed by atoms with E-state index in [1.807, 2.05) is 42.5 Å². The summed E-state index contributed by atoms with van der Waals surface area (Å²) in [6.45, 7) is 1.85. The lowest BCUT2D eigenvalue weighted by molar-refractivity contribution is 0.568. The SMILES string of the molecule is Clc1cccc(/C=N/Nc2nc(Nc3ccccc3)nc(N3CCCCC3)n2)c1Cl. The van der Waals surface area contributed by atoms with Gasteiger partial charge in [-0.15, -0.1) is 0 Å². The molecular weight excluding hydrogens is 421 g/mol. The third-order valence-electron chi connectivity index (χ3n) is 4.64. The standard InChI is InChI=1S/C21H21Cl2N7/c22-17-11-7-8-15(18(17)23)14-24-29-20-26-19(25-16-9-3-1-4-10-16)27-21(28-20)30-12-5-2-6-13-30/h1,3-4,7-11,14H,2,5-6,12-13H2,(H2,25,26,27,28,29)/b24-14+. The highest BCUT2D eigenvalue weighted by Crippen LogP contribution is 2.24. The Balaban J connectivity index is 1.58. The molecule has 0 atom stereocenters. The minimum atomic E-state index is 0.346. The van der Waals surface area contributed by atoms with Crippen molar-refractivity contribution in [2.75, 3.05) is 28.7 Å². The van der Waals surface area contributed by atoms with Gasteiger partial charge in [0.15, 0.2) is 0 Å². The smallest absolute Gasteiger partial charge is 0.250 e. The van der Waals surface area contributed by atoms with Gasteiger partial charge in [-0.1, -0.05) is 53.5 Å². The van der Waals surface area contributed by atoms with Crippen LogP contribution in [-0.4, -0.2) is 34.3 Å². The average molecular weight is 442 g/mol. The number of hydrogen-bond donors (Lipinski definition) is 2. The van der Waals surface area contributed by atoms with E-state index in [-0.39, 0.29) is 0 Å². The van der Waals surface area contributed by atoms with Crippen LogP contribution in [0.15, 0.2) is 53.6 Å². The Morgan fingerprint density at radius 1 is 0.867 bits per heavy atom. The van der Waals surface area contributed by atoms with Crippen LogP contribution in [-0.2, 0) is 0 Å². The van der Waals surface area contributed by atoms with E-state index in [0.717, 1.165) is 31.6 Å². The van der Waals surface area contributed by atoms with Crippen molar-refractivity contribution in [2.24, 2.45) is 5.10 Å². The molecule has 30 heavy (non-hydrogen) atoms. The van der Waals surface area contributed by atoms with E-state index in [2.05, 4.69) is 35.7 Å². The molecule has 2 aromatic carbocycles. The van der Waals surface area contributed by atoms with Gasteiger partial charge in [0.05, 0.1) is 16.3 Å². The monoisotopic (exact) mass is 441 g/mol. The highest BCUT2D eigenvalue weighted by atomic mass is 35.5. The normalized spacial score (nSPS) is 14.1. The van der Waals surface area contributed by atoms with Crippen LogP contribution in [0, 0.1) is 0 Å². The molecular formula is C21H21Cl2N7. The molecule has 0 aliphatic carbocycles. The third-order valence-corrected chi connectivity index (χ3v) is 5.48. The summed E-state index contributed by atoms with van der Waals surface area (Å²) in [5, 5.41) is 8.38. The Hall–Kier alpha value is -2.90. The second kappa shape index (κ2) is 9.73. The van der Waals surface area contributed by atoms with Gasteiger partial charge in [0.25, 0.3) is 0 Å². The Kier molecular flexibility index (Phi) is 6.61. The lowest BCUT2D eigenvalue weighted by Gasteiger charge is -2.26. The molecule has 154 valence electrons. The maximum atomic E-state index is 6.21. The number of aromatic nitrogens is 3. The molecule has 0 unspecified atom stereocenters. The molecule has 1 aliphatic heterocycles. The molecule has 3 aromatic rings. The number of nitrogens with one attached hydrogen (secondary N) is 2. The molecule has 1 saturated heterocycles. The molecule has 1 aliphatic rings. The van der Waals surface area contributed by atoms with E-state index in [9.17, 15) is 0 Å². The lowest BCUT2D eigenvalue weighted by atomic mass is 10.1. The van der Waals surface area contributed by atoms with Crippen LogP contribution in [0.4, 0.5) is 23.5 Å². The van der Waals surface area contributed by atoms with Gasteiger partial charge in [-0.05, 0) is 37.5 Å². The minimum Gasteiger partial charge on any atom is -0.341 e. The van der Waals surface area contributed by atoms with Gasteiger partial charge >= 0.3 is 0 Å². The maximum Gasteiger partial charge on any atom is 0.250 e. The number of benzene rings is 2. The molecule has 1 aromatic heterocycles. The second-order valence-electron chi connectivity index (χ2n) is 6.83. The number of nitrogens with zero attached hydrogens (tertiary/aromatic N) is 5. The molecule has 0 spiro atoms. The van der Waals surface area contributed by atoms with Crippen molar-refractivity contribution in [2.45, 2.75) is 19.3 Å². The van der Waals surface area contributed by atoms with Crippen molar-refractivity contribution in [1.29, 1.82) is 0 Å². The molecule has 7 nitrogen and oxygen atoms in total. The first kappa shape index (κ1) is 20.4. The fourth-order valence-electron chi connectivity index (χ4n) is 3.14. The summed E-state index contributed by atoms with van der Waals surface area (Å²) >= 11 is 12.3. The van der Waals surface area contributed by atoms with E-state index < -0.39 is 0 Å². The molecule has 4 rings (SSSR count). The first-order valence-corrected chi connectivity index (χ1v) is 10.5. The summed E-state index contributed by atoms with van der Waals surface area (Å²) in [6, 6.07) is 15.1. The number of hydrogen-bond acceptors (Lipinski definition) is 7. The number of anilines is 4. The molecule has 2 N–H and O–H groups in total. The van der Waals surface area contributed by atoms with Crippen molar-refractivity contribution in [3.05, 3.63) is 64.1 Å². The quantitative estimate of drug-likeness (QED) is 0.395. The molecule has 2 heterocycles. The molecule has 0 amide bonds. The van der Waals surface area contributed by atoms with Gasteiger partial charge in [0, 0.05) is 24.3 Å². The largest absolute Gasteiger partial charge is 0.341 e. The summed E-state index contributed by atoms with van der Waals surface area (Å²) in [7, 11) is 0. The van der Waals surface area contributed by atoms with Crippen LogP contribution in [0.5, 0.6) is 0 Å². The predicted octanol–water partition coefficient (Wildman–Crippen LogP) is 5.36. The Bertz CT molecular complexity index is 1020. The van der Waals surface area contributed by atoms with Crippen molar-refractivity contribution in [1.82, 2.24) is 15.0 Å². The average Bonchev–Trinajstić information content (AvgIpc) is 2.78. The summed E-state index contributed by atoms with van der Waals surface area (Å²) in [5.74, 6) is 1.43. The molecule has 0 bridgehead atoms. The highest BCUT2D eigenvalue weighted by Gasteiger charge is 2.16.